The molecule has 2 heterocycles. The maximum Gasteiger partial charge on any atom is 0.305 e. The molecule has 0 aliphatic carbocycles. The summed E-state index contributed by atoms with van der Waals surface area (Å²) in [4.78, 5) is 38.3. The Labute approximate surface area is 144 Å². The smallest absolute Gasteiger partial charge is 0.305 e. The Kier molecular flexibility index (Phi) is 4.78. The maximum absolute atomic E-state index is 12.4. The van der Waals surface area contributed by atoms with Gasteiger partial charge in [0.1, 0.15) is 13.2 Å². The second-order valence-electron chi connectivity index (χ2n) is 6.14. The van der Waals surface area contributed by atoms with E-state index in [2.05, 4.69) is 0 Å². The molecule has 8 heteroatoms. The monoisotopic (exact) mass is 348 g/mol. The molecule has 2 amide bonds. The van der Waals surface area contributed by atoms with E-state index in [0.29, 0.717) is 30.4 Å². The van der Waals surface area contributed by atoms with Gasteiger partial charge in [-0.15, -0.1) is 0 Å². The van der Waals surface area contributed by atoms with Crippen molar-refractivity contribution in [1.29, 1.82) is 0 Å². The molecule has 0 spiro atoms. The zero-order valence-corrected chi connectivity index (χ0v) is 13.9. The number of amides is 2. The van der Waals surface area contributed by atoms with Gasteiger partial charge in [0.15, 0.2) is 11.5 Å². The van der Waals surface area contributed by atoms with Crippen LogP contribution in [0.5, 0.6) is 11.5 Å². The summed E-state index contributed by atoms with van der Waals surface area (Å²) in [6.45, 7) is 1.35. The van der Waals surface area contributed by atoms with Crippen molar-refractivity contribution in [1.82, 2.24) is 4.90 Å². The molecule has 2 aliphatic heterocycles. The van der Waals surface area contributed by atoms with Crippen LogP contribution in [0.4, 0.5) is 5.69 Å². The van der Waals surface area contributed by atoms with E-state index in [9.17, 15) is 14.4 Å². The summed E-state index contributed by atoms with van der Waals surface area (Å²) in [5.74, 6) is -0.552. The minimum Gasteiger partial charge on any atom is -0.486 e. The lowest BCUT2D eigenvalue weighted by Gasteiger charge is -2.23. The zero-order chi connectivity index (χ0) is 18.0. The molecule has 1 atom stereocenters. The van der Waals surface area contributed by atoms with Gasteiger partial charge in [0.2, 0.25) is 11.8 Å². The van der Waals surface area contributed by atoms with Gasteiger partial charge in [-0.1, -0.05) is 0 Å². The van der Waals surface area contributed by atoms with Gasteiger partial charge in [0.25, 0.3) is 0 Å². The first kappa shape index (κ1) is 17.1. The molecule has 1 N–H and O–H groups in total. The highest BCUT2D eigenvalue weighted by Gasteiger charge is 2.36. The molecule has 0 bridgehead atoms. The van der Waals surface area contributed by atoms with Gasteiger partial charge in [0, 0.05) is 38.3 Å². The Morgan fingerprint density at radius 2 is 2.00 bits per heavy atom. The number of carboxylic acids is 1. The third kappa shape index (κ3) is 3.67. The summed E-state index contributed by atoms with van der Waals surface area (Å²) in [5, 5.41) is 8.72. The fourth-order valence-corrected chi connectivity index (χ4v) is 3.01. The summed E-state index contributed by atoms with van der Waals surface area (Å²) >= 11 is 0. The first-order valence-corrected chi connectivity index (χ1v) is 8.12. The summed E-state index contributed by atoms with van der Waals surface area (Å²) < 4.78 is 11.0. The number of carbonyl (C=O) groups excluding carboxylic acids is 2. The van der Waals surface area contributed by atoms with Crippen LogP contribution in [-0.4, -0.2) is 61.1 Å². The van der Waals surface area contributed by atoms with Gasteiger partial charge < -0.3 is 24.4 Å². The van der Waals surface area contributed by atoms with Crippen LogP contribution in [0.1, 0.15) is 12.8 Å². The van der Waals surface area contributed by atoms with E-state index in [1.165, 1.54) is 4.90 Å². The molecule has 25 heavy (non-hydrogen) atoms. The molecule has 1 unspecified atom stereocenters. The molecular formula is C17H20N2O6. The summed E-state index contributed by atoms with van der Waals surface area (Å²) in [7, 11) is 1.56. The number of hydrogen-bond acceptors (Lipinski definition) is 5. The Hall–Kier alpha value is -2.77. The van der Waals surface area contributed by atoms with E-state index in [-0.39, 0.29) is 37.7 Å². The Morgan fingerprint density at radius 3 is 2.72 bits per heavy atom. The normalized spacial score (nSPS) is 19.0. The lowest BCUT2D eigenvalue weighted by molar-refractivity contribution is -0.139. The number of anilines is 1. The number of carbonyl (C=O) groups is 3. The number of nitrogens with zero attached hydrogens (tertiary/aromatic N) is 2. The predicted octanol–water partition coefficient (Wildman–Crippen LogP) is 0.744. The number of ether oxygens (including phenoxy) is 2. The number of aliphatic carboxylic acids is 1. The van der Waals surface area contributed by atoms with E-state index in [0.717, 1.165) is 0 Å². The van der Waals surface area contributed by atoms with Crippen LogP contribution in [0.2, 0.25) is 0 Å². The van der Waals surface area contributed by atoms with Crippen molar-refractivity contribution in [2.75, 3.05) is 38.3 Å². The van der Waals surface area contributed by atoms with E-state index in [1.807, 2.05) is 0 Å². The van der Waals surface area contributed by atoms with Crippen LogP contribution in [0, 0.1) is 5.92 Å². The molecule has 0 aromatic heterocycles. The molecular weight excluding hydrogens is 328 g/mol. The standard InChI is InChI=1S/C17H20N2O6/c1-18(5-4-16(21)22)17(23)11-8-15(20)19(10-11)12-2-3-13-14(9-12)25-7-6-24-13/h2-3,9,11H,4-8,10H2,1H3,(H,21,22). The SMILES string of the molecule is CN(CCC(=O)O)C(=O)C1CC(=O)N(c2ccc3c(c2)OCCO3)C1. The van der Waals surface area contributed by atoms with Crippen LogP contribution in [-0.2, 0) is 14.4 Å². The van der Waals surface area contributed by atoms with Crippen LogP contribution in [0.15, 0.2) is 18.2 Å². The van der Waals surface area contributed by atoms with Gasteiger partial charge >= 0.3 is 5.97 Å². The second kappa shape index (κ2) is 7.00. The highest BCUT2D eigenvalue weighted by atomic mass is 16.6. The van der Waals surface area contributed by atoms with E-state index < -0.39 is 11.9 Å². The number of rotatable bonds is 5. The molecule has 8 nitrogen and oxygen atoms in total. The minimum absolute atomic E-state index is 0.116. The van der Waals surface area contributed by atoms with Crippen molar-refractivity contribution in [2.45, 2.75) is 12.8 Å². The van der Waals surface area contributed by atoms with Gasteiger partial charge in [-0.3, -0.25) is 14.4 Å². The third-order valence-corrected chi connectivity index (χ3v) is 4.35. The van der Waals surface area contributed by atoms with E-state index in [4.69, 9.17) is 14.6 Å². The number of fused-ring (bicyclic) bond motifs is 1. The van der Waals surface area contributed by atoms with Crippen molar-refractivity contribution in [2.24, 2.45) is 5.92 Å². The van der Waals surface area contributed by atoms with Gasteiger partial charge in [-0.2, -0.15) is 0 Å². The molecule has 1 aromatic rings. The van der Waals surface area contributed by atoms with Crippen molar-refractivity contribution in [3.63, 3.8) is 0 Å². The van der Waals surface area contributed by atoms with Crippen molar-refractivity contribution in [3.05, 3.63) is 18.2 Å². The molecule has 134 valence electrons. The van der Waals surface area contributed by atoms with Crippen molar-refractivity contribution >= 4 is 23.5 Å². The fourth-order valence-electron chi connectivity index (χ4n) is 3.01. The minimum atomic E-state index is -0.958. The Morgan fingerprint density at radius 1 is 1.28 bits per heavy atom. The average Bonchev–Trinajstić information content (AvgIpc) is 3.00. The fraction of sp³-hybridized carbons (Fsp3) is 0.471. The third-order valence-electron chi connectivity index (χ3n) is 4.35. The quantitative estimate of drug-likeness (QED) is 0.843. The summed E-state index contributed by atoms with van der Waals surface area (Å²) in [5.41, 5.74) is 0.665. The van der Waals surface area contributed by atoms with E-state index in [1.54, 1.807) is 30.1 Å². The highest BCUT2D eigenvalue weighted by Crippen LogP contribution is 2.36. The lowest BCUT2D eigenvalue weighted by Crippen LogP contribution is -2.36. The lowest BCUT2D eigenvalue weighted by atomic mass is 10.1. The maximum atomic E-state index is 12.4. The number of benzene rings is 1. The molecule has 0 radical (unpaired) electrons. The Bertz CT molecular complexity index is 704. The highest BCUT2D eigenvalue weighted by molar-refractivity contribution is 6.00. The predicted molar refractivity (Wildman–Crippen MR) is 87.8 cm³/mol. The van der Waals surface area contributed by atoms with Gasteiger partial charge in [-0.05, 0) is 12.1 Å². The first-order valence-electron chi connectivity index (χ1n) is 8.12. The topological polar surface area (TPSA) is 96.4 Å². The molecule has 1 saturated heterocycles. The molecule has 2 aliphatic rings. The van der Waals surface area contributed by atoms with Crippen LogP contribution < -0.4 is 14.4 Å². The zero-order valence-electron chi connectivity index (χ0n) is 13.9. The largest absolute Gasteiger partial charge is 0.486 e. The second-order valence-corrected chi connectivity index (χ2v) is 6.14. The van der Waals surface area contributed by atoms with Crippen LogP contribution >= 0.6 is 0 Å². The Balaban J connectivity index is 1.68. The van der Waals surface area contributed by atoms with Crippen molar-refractivity contribution in [3.8, 4) is 11.5 Å². The average molecular weight is 348 g/mol. The van der Waals surface area contributed by atoms with Gasteiger partial charge in [0.05, 0.1) is 12.3 Å². The molecule has 0 saturated carbocycles. The van der Waals surface area contributed by atoms with Crippen LogP contribution in [0.25, 0.3) is 0 Å². The number of carboxylic acid groups (broad SMARTS) is 1. The first-order chi connectivity index (χ1) is 12.0. The summed E-state index contributed by atoms with van der Waals surface area (Å²) in [6.07, 6.45) is -0.000527. The molecule has 3 rings (SSSR count). The van der Waals surface area contributed by atoms with Gasteiger partial charge in [-0.25, -0.2) is 0 Å². The van der Waals surface area contributed by atoms with Crippen molar-refractivity contribution < 1.29 is 29.0 Å². The molecule has 1 aromatic carbocycles. The van der Waals surface area contributed by atoms with Crippen LogP contribution in [0.3, 0.4) is 0 Å². The summed E-state index contributed by atoms with van der Waals surface area (Å²) in [6, 6.07) is 5.27. The van der Waals surface area contributed by atoms with E-state index >= 15 is 0 Å². The number of hydrogen-bond donors (Lipinski definition) is 1. The molecule has 1 fully saturated rings.